The van der Waals surface area contributed by atoms with Crippen molar-refractivity contribution in [3.05, 3.63) is 29.8 Å². The number of amides is 1. The number of halogens is 3. The molecule has 0 saturated heterocycles. The minimum atomic E-state index is -4.33. The Balaban J connectivity index is 2.60. The Labute approximate surface area is 122 Å². The van der Waals surface area contributed by atoms with Gasteiger partial charge in [-0.05, 0) is 31.5 Å². The second kappa shape index (κ2) is 7.42. The smallest absolute Gasteiger partial charge is 0.326 e. The van der Waals surface area contributed by atoms with E-state index in [4.69, 9.17) is 5.73 Å². The number of anilines is 1. The molecule has 0 atom stereocenters. The second-order valence-electron chi connectivity index (χ2n) is 5.06. The molecule has 0 aliphatic heterocycles. The van der Waals surface area contributed by atoms with Crippen LogP contribution in [0.25, 0.3) is 0 Å². The standard InChI is InChI=1S/C14H20F3N3O/c1-10(2)20(9-14(15,16)17)8-13(21)19-12-5-3-11(7-18)4-6-12/h3-6,10H,7-9,18H2,1-2H3,(H,19,21). The normalized spacial score (nSPS) is 12.0. The van der Waals surface area contributed by atoms with Crippen LogP contribution in [0.5, 0.6) is 0 Å². The summed E-state index contributed by atoms with van der Waals surface area (Å²) < 4.78 is 37.3. The first kappa shape index (κ1) is 17.5. The maximum absolute atomic E-state index is 12.4. The van der Waals surface area contributed by atoms with Crippen molar-refractivity contribution in [2.75, 3.05) is 18.4 Å². The summed E-state index contributed by atoms with van der Waals surface area (Å²) in [7, 11) is 0. The summed E-state index contributed by atoms with van der Waals surface area (Å²) in [5.74, 6) is -0.478. The van der Waals surface area contributed by atoms with Crippen molar-refractivity contribution in [2.24, 2.45) is 5.73 Å². The number of carbonyl (C=O) groups excluding carboxylic acids is 1. The van der Waals surface area contributed by atoms with E-state index in [-0.39, 0.29) is 12.6 Å². The number of benzene rings is 1. The molecule has 0 aliphatic rings. The van der Waals surface area contributed by atoms with E-state index in [1.807, 2.05) is 0 Å². The molecule has 1 aromatic carbocycles. The molecule has 0 radical (unpaired) electrons. The van der Waals surface area contributed by atoms with Gasteiger partial charge in [-0.3, -0.25) is 9.69 Å². The maximum Gasteiger partial charge on any atom is 0.401 e. The highest BCUT2D eigenvalue weighted by Gasteiger charge is 2.32. The Bertz CT molecular complexity index is 458. The highest BCUT2D eigenvalue weighted by molar-refractivity contribution is 5.92. The quantitative estimate of drug-likeness (QED) is 0.848. The van der Waals surface area contributed by atoms with E-state index in [0.29, 0.717) is 12.2 Å². The molecule has 21 heavy (non-hydrogen) atoms. The fourth-order valence-electron chi connectivity index (χ4n) is 1.76. The minimum Gasteiger partial charge on any atom is -0.326 e. The van der Waals surface area contributed by atoms with Gasteiger partial charge in [0.1, 0.15) is 0 Å². The fourth-order valence-corrected chi connectivity index (χ4v) is 1.76. The first-order chi connectivity index (χ1) is 9.71. The summed E-state index contributed by atoms with van der Waals surface area (Å²) in [5, 5.41) is 2.58. The van der Waals surface area contributed by atoms with Crippen LogP contribution in [0.4, 0.5) is 18.9 Å². The Morgan fingerprint density at radius 3 is 2.29 bits per heavy atom. The van der Waals surface area contributed by atoms with Gasteiger partial charge in [0.25, 0.3) is 0 Å². The van der Waals surface area contributed by atoms with Crippen molar-refractivity contribution in [1.82, 2.24) is 4.90 Å². The highest BCUT2D eigenvalue weighted by atomic mass is 19.4. The molecule has 0 unspecified atom stereocenters. The van der Waals surface area contributed by atoms with E-state index in [0.717, 1.165) is 10.5 Å². The average molecular weight is 303 g/mol. The van der Waals surface area contributed by atoms with Crippen LogP contribution in [0.3, 0.4) is 0 Å². The summed E-state index contributed by atoms with van der Waals surface area (Å²) >= 11 is 0. The Kier molecular flexibility index (Phi) is 6.17. The lowest BCUT2D eigenvalue weighted by molar-refractivity contribution is -0.151. The van der Waals surface area contributed by atoms with E-state index in [1.54, 1.807) is 38.1 Å². The molecule has 0 aliphatic carbocycles. The van der Waals surface area contributed by atoms with Crippen molar-refractivity contribution in [3.8, 4) is 0 Å². The van der Waals surface area contributed by atoms with Crippen LogP contribution in [0.2, 0.25) is 0 Å². The zero-order chi connectivity index (χ0) is 16.0. The number of hydrogen-bond donors (Lipinski definition) is 2. The molecular formula is C14H20F3N3O. The zero-order valence-corrected chi connectivity index (χ0v) is 12.1. The SMILES string of the molecule is CC(C)N(CC(=O)Nc1ccc(CN)cc1)CC(F)(F)F. The topological polar surface area (TPSA) is 58.4 Å². The van der Waals surface area contributed by atoms with Crippen molar-refractivity contribution in [1.29, 1.82) is 0 Å². The highest BCUT2D eigenvalue weighted by Crippen LogP contribution is 2.18. The van der Waals surface area contributed by atoms with Crippen LogP contribution < -0.4 is 11.1 Å². The van der Waals surface area contributed by atoms with Gasteiger partial charge >= 0.3 is 6.18 Å². The maximum atomic E-state index is 12.4. The van der Waals surface area contributed by atoms with Gasteiger partial charge in [0, 0.05) is 18.3 Å². The minimum absolute atomic E-state index is 0.310. The van der Waals surface area contributed by atoms with E-state index < -0.39 is 18.6 Å². The van der Waals surface area contributed by atoms with Crippen LogP contribution in [0, 0.1) is 0 Å². The third kappa shape index (κ3) is 6.59. The van der Waals surface area contributed by atoms with Crippen LogP contribution >= 0.6 is 0 Å². The Morgan fingerprint density at radius 1 is 1.29 bits per heavy atom. The summed E-state index contributed by atoms with van der Waals surface area (Å²) in [6.45, 7) is 2.21. The lowest BCUT2D eigenvalue weighted by Crippen LogP contribution is -2.43. The van der Waals surface area contributed by atoms with Gasteiger partial charge in [0.05, 0.1) is 13.1 Å². The number of nitrogens with two attached hydrogens (primary N) is 1. The first-order valence-electron chi connectivity index (χ1n) is 6.61. The summed E-state index contributed by atoms with van der Waals surface area (Å²) in [6, 6.07) is 6.47. The molecule has 7 heteroatoms. The molecule has 1 aromatic rings. The van der Waals surface area contributed by atoms with Crippen LogP contribution in [0.1, 0.15) is 19.4 Å². The third-order valence-electron chi connectivity index (χ3n) is 2.93. The predicted molar refractivity (Wildman–Crippen MR) is 75.7 cm³/mol. The van der Waals surface area contributed by atoms with E-state index >= 15 is 0 Å². The van der Waals surface area contributed by atoms with E-state index in [1.165, 1.54) is 0 Å². The van der Waals surface area contributed by atoms with Crippen LogP contribution in [-0.4, -0.2) is 36.1 Å². The number of carbonyl (C=O) groups is 1. The van der Waals surface area contributed by atoms with Gasteiger partial charge in [-0.25, -0.2) is 0 Å². The molecule has 3 N–H and O–H groups in total. The Morgan fingerprint density at radius 2 is 1.86 bits per heavy atom. The molecule has 1 amide bonds. The lowest BCUT2D eigenvalue weighted by Gasteiger charge is -2.26. The monoisotopic (exact) mass is 303 g/mol. The number of nitrogens with zero attached hydrogens (tertiary/aromatic N) is 1. The van der Waals surface area contributed by atoms with Gasteiger partial charge in [0.2, 0.25) is 5.91 Å². The predicted octanol–water partition coefficient (Wildman–Crippen LogP) is 2.36. The molecule has 0 heterocycles. The summed E-state index contributed by atoms with van der Waals surface area (Å²) in [4.78, 5) is 12.9. The van der Waals surface area contributed by atoms with Crippen molar-refractivity contribution >= 4 is 11.6 Å². The second-order valence-corrected chi connectivity index (χ2v) is 5.06. The van der Waals surface area contributed by atoms with Gasteiger partial charge in [-0.15, -0.1) is 0 Å². The lowest BCUT2D eigenvalue weighted by atomic mass is 10.2. The molecule has 0 bridgehead atoms. The molecule has 0 aromatic heterocycles. The molecule has 0 spiro atoms. The van der Waals surface area contributed by atoms with E-state index in [9.17, 15) is 18.0 Å². The van der Waals surface area contributed by atoms with Crippen molar-refractivity contribution in [3.63, 3.8) is 0 Å². The molecule has 0 fully saturated rings. The molecule has 118 valence electrons. The van der Waals surface area contributed by atoms with Crippen LogP contribution in [-0.2, 0) is 11.3 Å². The molecule has 0 saturated carbocycles. The largest absolute Gasteiger partial charge is 0.401 e. The zero-order valence-electron chi connectivity index (χ0n) is 12.1. The number of nitrogens with one attached hydrogen (secondary N) is 1. The van der Waals surface area contributed by atoms with Crippen LogP contribution in [0.15, 0.2) is 24.3 Å². The van der Waals surface area contributed by atoms with E-state index in [2.05, 4.69) is 5.32 Å². The summed E-state index contributed by atoms with van der Waals surface area (Å²) in [5.41, 5.74) is 6.90. The van der Waals surface area contributed by atoms with Gasteiger partial charge in [-0.1, -0.05) is 12.1 Å². The number of rotatable bonds is 6. The molecule has 1 rings (SSSR count). The third-order valence-corrected chi connectivity index (χ3v) is 2.93. The van der Waals surface area contributed by atoms with Crippen molar-refractivity contribution in [2.45, 2.75) is 32.6 Å². The van der Waals surface area contributed by atoms with Gasteiger partial charge < -0.3 is 11.1 Å². The Hall–Kier alpha value is -1.60. The fraction of sp³-hybridized carbons (Fsp3) is 0.500. The molecular weight excluding hydrogens is 283 g/mol. The van der Waals surface area contributed by atoms with Crippen molar-refractivity contribution < 1.29 is 18.0 Å². The van der Waals surface area contributed by atoms with Gasteiger partial charge in [0.15, 0.2) is 0 Å². The molecule has 4 nitrogen and oxygen atoms in total. The average Bonchev–Trinajstić information content (AvgIpc) is 2.37. The number of alkyl halides is 3. The number of hydrogen-bond acceptors (Lipinski definition) is 3. The van der Waals surface area contributed by atoms with Gasteiger partial charge in [-0.2, -0.15) is 13.2 Å². The summed E-state index contributed by atoms with van der Waals surface area (Å²) in [6.07, 6.45) is -4.33. The first-order valence-corrected chi connectivity index (χ1v) is 6.61.